The Morgan fingerprint density at radius 1 is 1.16 bits per heavy atom. The molecule has 0 spiro atoms. The average molecular weight is 668 g/mol. The molecule has 234 valence electrons. The van der Waals surface area contributed by atoms with Crippen molar-refractivity contribution in [3.8, 4) is 0 Å². The zero-order valence-corrected chi connectivity index (χ0v) is 24.0. The van der Waals surface area contributed by atoms with Crippen LogP contribution in [-0.4, -0.2) is 59.0 Å². The Morgan fingerprint density at radius 3 is 2.47 bits per heavy atom. The number of phosphoric acid groups is 3. The van der Waals surface area contributed by atoms with Gasteiger partial charge in [0.1, 0.15) is 12.3 Å². The number of nitrogens with zero attached hydrogens (tertiary/aromatic N) is 4. The largest absolute Gasteiger partial charge is 0.490 e. The fourth-order valence-electron chi connectivity index (χ4n) is 3.53. The van der Waals surface area contributed by atoms with Gasteiger partial charge in [0.2, 0.25) is 0 Å². The zero-order valence-electron chi connectivity index (χ0n) is 21.3. The van der Waals surface area contributed by atoms with E-state index in [1.54, 1.807) is 0 Å². The van der Waals surface area contributed by atoms with E-state index >= 15 is 0 Å². The Morgan fingerprint density at radius 2 is 1.84 bits per heavy atom. The van der Waals surface area contributed by atoms with Crippen molar-refractivity contribution >= 4 is 35.1 Å². The maximum absolute atomic E-state index is 12.4. The van der Waals surface area contributed by atoms with E-state index in [1.807, 2.05) is 0 Å². The number of aliphatic hydroxyl groups is 1. The first-order chi connectivity index (χ1) is 20.0. The molecule has 24 heteroatoms. The summed E-state index contributed by atoms with van der Waals surface area (Å²) < 4.78 is 52.1. The Kier molecular flexibility index (Phi) is 11.2. The van der Waals surface area contributed by atoms with Gasteiger partial charge in [-0.25, -0.2) is 18.5 Å². The van der Waals surface area contributed by atoms with Crippen molar-refractivity contribution in [2.24, 2.45) is 5.11 Å². The Labute approximate surface area is 239 Å². The third-order valence-electron chi connectivity index (χ3n) is 5.33. The minimum atomic E-state index is -5.75. The number of H-pyrrole nitrogens is 1. The van der Waals surface area contributed by atoms with E-state index in [-0.39, 0.29) is 24.0 Å². The Bertz CT molecular complexity index is 1680. The number of aromatic nitrogens is 2. The zero-order chi connectivity index (χ0) is 32.0. The fraction of sp³-hybridized carbons (Fsp3) is 0.316. The number of ether oxygens (including phenoxy) is 1. The Hall–Kier alpha value is -3.25. The second-order valence-corrected chi connectivity index (χ2v) is 12.9. The molecule has 2 aromatic rings. The average Bonchev–Trinajstić information content (AvgIpc) is 3.25. The van der Waals surface area contributed by atoms with Gasteiger partial charge in [-0.15, -0.1) is 0 Å². The molecule has 21 nitrogen and oxygen atoms in total. The summed E-state index contributed by atoms with van der Waals surface area (Å²) in [4.78, 5) is 77.5. The first kappa shape index (κ1) is 34.2. The van der Waals surface area contributed by atoms with Crippen molar-refractivity contribution in [3.05, 3.63) is 85.1 Å². The molecule has 0 saturated carbocycles. The van der Waals surface area contributed by atoms with Gasteiger partial charge in [-0.05, 0) is 24.1 Å². The summed E-state index contributed by atoms with van der Waals surface area (Å²) in [5, 5.41) is 16.1. The van der Waals surface area contributed by atoms with Crippen molar-refractivity contribution in [3.63, 3.8) is 0 Å². The number of amides is 1. The minimum Gasteiger partial charge on any atom is -0.390 e. The second kappa shape index (κ2) is 14.0. The smallest absolute Gasteiger partial charge is 0.390 e. The third-order valence-corrected chi connectivity index (χ3v) is 9.14. The lowest BCUT2D eigenvalue weighted by molar-refractivity contribution is -0.0450. The number of carbonyl (C=O) groups excluding carboxylic acids is 1. The summed E-state index contributed by atoms with van der Waals surface area (Å²) >= 11 is 0. The number of rotatable bonds is 13. The third kappa shape index (κ3) is 10.5. The summed E-state index contributed by atoms with van der Waals surface area (Å²) in [5.74, 6) is -0.502. The summed E-state index contributed by atoms with van der Waals surface area (Å²) in [7, 11) is -16.8. The number of hydrogen-bond acceptors (Lipinski definition) is 12. The number of aliphatic hydroxyl groups excluding tert-OH is 1. The van der Waals surface area contributed by atoms with Crippen molar-refractivity contribution in [2.45, 2.75) is 31.3 Å². The molecule has 43 heavy (non-hydrogen) atoms. The molecular weight excluding hydrogens is 645 g/mol. The van der Waals surface area contributed by atoms with Crippen LogP contribution in [0.2, 0.25) is 0 Å². The van der Waals surface area contributed by atoms with Crippen LogP contribution in [0.25, 0.3) is 10.4 Å². The van der Waals surface area contributed by atoms with Crippen LogP contribution in [0, 0.1) is 0 Å². The predicted octanol–water partition coefficient (Wildman–Crippen LogP) is 0.956. The number of aromatic amines is 1. The van der Waals surface area contributed by atoms with Gasteiger partial charge >= 0.3 is 29.2 Å². The molecule has 3 rings (SSSR count). The Balaban J connectivity index is 1.61. The first-order valence-electron chi connectivity index (χ1n) is 11.6. The maximum Gasteiger partial charge on any atom is 0.490 e. The van der Waals surface area contributed by atoms with Crippen LogP contribution >= 0.6 is 23.5 Å². The lowest BCUT2D eigenvalue weighted by Crippen LogP contribution is -2.34. The monoisotopic (exact) mass is 668 g/mol. The van der Waals surface area contributed by atoms with Gasteiger partial charge in [0, 0.05) is 40.5 Å². The molecule has 1 aliphatic rings. The summed E-state index contributed by atoms with van der Waals surface area (Å²) in [6.07, 6.45) is -0.608. The number of hydrogen-bond donors (Lipinski definition) is 7. The second-order valence-electron chi connectivity index (χ2n) is 8.46. The molecule has 0 aliphatic carbocycles. The highest BCUT2D eigenvalue weighted by molar-refractivity contribution is 7.66. The van der Waals surface area contributed by atoms with Gasteiger partial charge in [-0.3, -0.25) is 23.7 Å². The van der Waals surface area contributed by atoms with Crippen molar-refractivity contribution in [2.75, 3.05) is 6.61 Å². The standard InChI is InChI=1S/C19H23N6O15P3/c20-24-23-13-5-3-11(4-6-13)17(27)21-7-1-2-12-9-25(19(29)22-18(12)28)16-8-14(26)15(38-16)10-37-42(33,34)40-43(35,36)39-41(30,31)32/h1,3-7,9,14-16,26H,2,8,10H2,(H,21,27)(H,33,34)(H,35,36)(H,22,28,29)(H2,30,31,32)/b7-1+/t14-,15+,16+/m0/s1. The summed E-state index contributed by atoms with van der Waals surface area (Å²) in [6, 6.07) is 5.74. The van der Waals surface area contributed by atoms with E-state index in [1.165, 1.54) is 36.5 Å². The van der Waals surface area contributed by atoms with Crippen molar-refractivity contribution in [1.82, 2.24) is 14.9 Å². The number of benzene rings is 1. The van der Waals surface area contributed by atoms with Crippen LogP contribution in [-0.2, 0) is 38.0 Å². The molecule has 1 aromatic heterocycles. The first-order valence-corrected chi connectivity index (χ1v) is 16.1. The quantitative estimate of drug-likeness (QED) is 0.0676. The highest BCUT2D eigenvalue weighted by atomic mass is 31.3. The fourth-order valence-corrected chi connectivity index (χ4v) is 6.56. The van der Waals surface area contributed by atoms with Crippen LogP contribution in [0.5, 0.6) is 0 Å². The van der Waals surface area contributed by atoms with Crippen LogP contribution < -0.4 is 16.6 Å². The normalized spacial score (nSPS) is 21.6. The van der Waals surface area contributed by atoms with Crippen molar-refractivity contribution in [1.29, 1.82) is 0 Å². The maximum atomic E-state index is 12.4. The van der Waals surface area contributed by atoms with Gasteiger partial charge < -0.3 is 34.7 Å². The van der Waals surface area contributed by atoms with E-state index < -0.39 is 65.7 Å². The molecule has 5 atom stereocenters. The summed E-state index contributed by atoms with van der Waals surface area (Å²) in [5.41, 5.74) is 7.35. The molecule has 1 fully saturated rings. The highest BCUT2D eigenvalue weighted by Gasteiger charge is 2.43. The lowest BCUT2D eigenvalue weighted by Gasteiger charge is -2.19. The van der Waals surface area contributed by atoms with Gasteiger partial charge in [0.05, 0.1) is 12.7 Å². The molecule has 1 aliphatic heterocycles. The van der Waals surface area contributed by atoms with Crippen LogP contribution in [0.3, 0.4) is 0 Å². The number of allylic oxidation sites excluding steroid dienone is 1. The minimum absolute atomic E-state index is 0.0404. The molecule has 1 aromatic carbocycles. The number of carbonyl (C=O) groups is 1. The van der Waals surface area contributed by atoms with E-state index in [0.29, 0.717) is 5.69 Å². The SMILES string of the molecule is [N-]=[N+]=Nc1ccc(C(=O)N/C=C/Cc2cn([C@H]3C[C@H](O)[C@@H](COP(=O)(O)OP(=O)(O)OP(=O)(O)O)O3)c(=O)[nH]c2=O)cc1. The van der Waals surface area contributed by atoms with Crippen molar-refractivity contribution < 1.29 is 61.1 Å². The van der Waals surface area contributed by atoms with Gasteiger partial charge in [-0.2, -0.15) is 8.62 Å². The van der Waals surface area contributed by atoms with Crippen LogP contribution in [0.15, 0.2) is 57.4 Å². The number of phosphoric ester groups is 1. The number of nitrogens with one attached hydrogen (secondary N) is 2. The molecule has 7 N–H and O–H groups in total. The molecule has 1 amide bonds. The predicted molar refractivity (Wildman–Crippen MR) is 141 cm³/mol. The number of azide groups is 1. The van der Waals surface area contributed by atoms with Crippen LogP contribution in [0.4, 0.5) is 5.69 Å². The highest BCUT2D eigenvalue weighted by Crippen LogP contribution is 2.66. The molecule has 1 saturated heterocycles. The van der Waals surface area contributed by atoms with Crippen LogP contribution in [0.1, 0.15) is 28.6 Å². The summed E-state index contributed by atoms with van der Waals surface area (Å²) in [6.45, 7) is -0.955. The topological polar surface area (TPSA) is 322 Å². The van der Waals surface area contributed by atoms with E-state index in [9.17, 15) is 43.0 Å². The van der Waals surface area contributed by atoms with E-state index in [4.69, 9.17) is 20.1 Å². The molecule has 2 heterocycles. The van der Waals surface area contributed by atoms with E-state index in [0.717, 1.165) is 10.8 Å². The molecule has 0 bridgehead atoms. The van der Waals surface area contributed by atoms with Gasteiger partial charge in [0.15, 0.2) is 0 Å². The van der Waals surface area contributed by atoms with E-state index in [2.05, 4.69) is 33.5 Å². The molecule has 0 radical (unpaired) electrons. The molecular formula is C19H23N6O15P3. The lowest BCUT2D eigenvalue weighted by atomic mass is 10.2. The molecule has 2 unspecified atom stereocenters. The van der Waals surface area contributed by atoms with Gasteiger partial charge in [0.25, 0.3) is 11.5 Å². The van der Waals surface area contributed by atoms with Gasteiger partial charge in [-0.1, -0.05) is 23.3 Å².